The summed E-state index contributed by atoms with van der Waals surface area (Å²) < 4.78 is 147. The van der Waals surface area contributed by atoms with Crippen LogP contribution in [0.15, 0.2) is 116 Å². The highest BCUT2D eigenvalue weighted by atomic mass is 32.2. The van der Waals surface area contributed by atoms with Gasteiger partial charge in [-0.05, 0) is 35.4 Å². The smallest absolute Gasteiger partial charge is 0.329 e. The van der Waals surface area contributed by atoms with Gasteiger partial charge in [-0.25, -0.2) is 17.2 Å². The number of hydrogen-bond acceptors (Lipinski definition) is 9. The molecule has 0 spiro atoms. The van der Waals surface area contributed by atoms with Crippen LogP contribution in [-0.2, 0) is 44.5 Å². The van der Waals surface area contributed by atoms with Crippen LogP contribution in [-0.4, -0.2) is 32.9 Å². The second-order valence-electron chi connectivity index (χ2n) is 10.3. The quantitative estimate of drug-likeness (QED) is 0.142. The molecule has 0 aliphatic carbocycles. The third kappa shape index (κ3) is 9.28. The number of hydrogen-bond donors (Lipinski definition) is 0. The van der Waals surface area contributed by atoms with Crippen molar-refractivity contribution in [3.63, 3.8) is 0 Å². The molecule has 0 N–H and O–H groups in total. The third-order valence-electron chi connectivity index (χ3n) is 6.67. The van der Waals surface area contributed by atoms with Crippen molar-refractivity contribution in [1.29, 1.82) is 0 Å². The fraction of sp³-hybridized carbons (Fsp3) is 0.125. The molecule has 0 saturated carbocycles. The van der Waals surface area contributed by atoms with Crippen LogP contribution < -0.4 is 0 Å². The van der Waals surface area contributed by atoms with Gasteiger partial charge in [0.15, 0.2) is 9.84 Å². The van der Waals surface area contributed by atoms with Crippen molar-refractivity contribution in [1.82, 2.24) is 20.3 Å². The van der Waals surface area contributed by atoms with E-state index >= 15 is 0 Å². The molecule has 6 aromatic rings. The number of alkyl halides is 6. The molecule has 0 aliphatic rings. The van der Waals surface area contributed by atoms with E-state index < -0.39 is 67.1 Å². The molecule has 2 heterocycles. The Labute approximate surface area is 285 Å². The molecular formula is C32H20F8N4O5S2. The lowest BCUT2D eigenvalue weighted by atomic mass is 10.1. The molecule has 19 heteroatoms. The summed E-state index contributed by atoms with van der Waals surface area (Å²) in [7, 11) is -5.49. The van der Waals surface area contributed by atoms with E-state index in [0.29, 0.717) is 16.7 Å². The van der Waals surface area contributed by atoms with Gasteiger partial charge < -0.3 is 9.05 Å². The van der Waals surface area contributed by atoms with Crippen molar-refractivity contribution in [2.24, 2.45) is 0 Å². The third-order valence-corrected chi connectivity index (χ3v) is 9.80. The number of nitrogens with zero attached hydrogens (tertiary/aromatic N) is 4. The van der Waals surface area contributed by atoms with Crippen molar-refractivity contribution in [3.05, 3.63) is 132 Å². The zero-order valence-electron chi connectivity index (χ0n) is 25.3. The van der Waals surface area contributed by atoms with Crippen molar-refractivity contribution >= 4 is 20.6 Å². The predicted molar refractivity (Wildman–Crippen MR) is 163 cm³/mol. The standard InChI is InChI=1S/C16H10F4N2O3S.C16H10F4N2O2S/c17-12-3-1-2-4-13(12)26(23,24)9-10-5-7-11(8-6-10)14-21-15(25-22-14)16(18,19)20;17-12-3-1-2-4-13(12)25(23)9-10-5-7-11(8-6-10)14-21-15(24-22-14)16(18,19)20/h1-8H,9H2;1-8H,9H2. The molecule has 2 aromatic heterocycles. The molecule has 1 atom stereocenters. The van der Waals surface area contributed by atoms with Crippen LogP contribution in [0.2, 0.25) is 0 Å². The summed E-state index contributed by atoms with van der Waals surface area (Å²) in [6.07, 6.45) is -9.46. The van der Waals surface area contributed by atoms with Crippen LogP contribution in [0.5, 0.6) is 0 Å². The van der Waals surface area contributed by atoms with E-state index in [9.17, 15) is 47.8 Å². The molecule has 1 unspecified atom stereocenters. The van der Waals surface area contributed by atoms with E-state index in [-0.39, 0.29) is 27.9 Å². The summed E-state index contributed by atoms with van der Waals surface area (Å²) in [5.74, 6) is -5.17. The summed E-state index contributed by atoms with van der Waals surface area (Å²) in [6.45, 7) is 0. The van der Waals surface area contributed by atoms with Gasteiger partial charge in [-0.3, -0.25) is 4.21 Å². The second kappa shape index (κ2) is 14.9. The van der Waals surface area contributed by atoms with Crippen LogP contribution >= 0.6 is 0 Å². The maximum Gasteiger partial charge on any atom is 0.471 e. The van der Waals surface area contributed by atoms with Gasteiger partial charge in [0.2, 0.25) is 11.6 Å². The van der Waals surface area contributed by atoms with E-state index in [1.807, 2.05) is 0 Å². The molecule has 6 rings (SSSR count). The number of sulfone groups is 1. The normalized spacial score (nSPS) is 12.6. The Morgan fingerprint density at radius 1 is 0.608 bits per heavy atom. The molecule has 0 aliphatic heterocycles. The zero-order chi connectivity index (χ0) is 37.0. The highest BCUT2D eigenvalue weighted by Crippen LogP contribution is 2.31. The van der Waals surface area contributed by atoms with Gasteiger partial charge in [0.25, 0.3) is 0 Å². The van der Waals surface area contributed by atoms with Crippen LogP contribution in [0.25, 0.3) is 22.8 Å². The molecule has 9 nitrogen and oxygen atoms in total. The van der Waals surface area contributed by atoms with Crippen molar-refractivity contribution in [3.8, 4) is 22.8 Å². The number of halogens is 8. The Bertz CT molecular complexity index is 2260. The summed E-state index contributed by atoms with van der Waals surface area (Å²) >= 11 is 0. The van der Waals surface area contributed by atoms with E-state index in [1.165, 1.54) is 66.7 Å². The van der Waals surface area contributed by atoms with Gasteiger partial charge in [0, 0.05) is 11.1 Å². The highest BCUT2D eigenvalue weighted by Gasteiger charge is 2.39. The number of benzene rings is 4. The largest absolute Gasteiger partial charge is 0.471 e. The van der Waals surface area contributed by atoms with Gasteiger partial charge >= 0.3 is 24.1 Å². The van der Waals surface area contributed by atoms with E-state index in [1.54, 1.807) is 18.2 Å². The summed E-state index contributed by atoms with van der Waals surface area (Å²) in [4.78, 5) is 6.21. The molecule has 0 amide bonds. The SMILES string of the molecule is O=S(=O)(Cc1ccc(-c2noc(C(F)(F)F)n2)cc1)c1ccccc1F.O=S(Cc1ccc(-c2noc(C(F)(F)F)n2)cc1)c1ccccc1F. The first-order valence-corrected chi connectivity index (χ1v) is 17.1. The molecule has 0 bridgehead atoms. The minimum atomic E-state index is -4.75. The maximum atomic E-state index is 13.7. The minimum Gasteiger partial charge on any atom is -0.329 e. The average Bonchev–Trinajstić information content (AvgIpc) is 3.78. The Balaban J connectivity index is 0.000000198. The Kier molecular flexibility index (Phi) is 10.8. The lowest BCUT2D eigenvalue weighted by molar-refractivity contribution is -0.160. The van der Waals surface area contributed by atoms with Gasteiger partial charge in [-0.1, -0.05) is 83.1 Å². The Hall–Kier alpha value is -5.30. The number of rotatable bonds is 8. The number of aromatic nitrogens is 4. The molecule has 0 radical (unpaired) electrons. The van der Waals surface area contributed by atoms with E-state index in [4.69, 9.17) is 0 Å². The van der Waals surface area contributed by atoms with Gasteiger partial charge in [0.05, 0.1) is 27.2 Å². The van der Waals surface area contributed by atoms with Crippen LogP contribution in [0.3, 0.4) is 0 Å². The highest BCUT2D eigenvalue weighted by molar-refractivity contribution is 7.90. The fourth-order valence-electron chi connectivity index (χ4n) is 4.26. The average molecular weight is 757 g/mol. The predicted octanol–water partition coefficient (Wildman–Crippen LogP) is 8.07. The summed E-state index contributed by atoms with van der Waals surface area (Å²) in [5.41, 5.74) is 1.50. The molecule has 0 fully saturated rings. The zero-order valence-corrected chi connectivity index (χ0v) is 27.0. The van der Waals surface area contributed by atoms with Gasteiger partial charge in [-0.15, -0.1) is 0 Å². The van der Waals surface area contributed by atoms with Crippen LogP contribution in [0, 0.1) is 11.6 Å². The lowest BCUT2D eigenvalue weighted by Crippen LogP contribution is -2.07. The Morgan fingerprint density at radius 3 is 1.51 bits per heavy atom. The van der Waals surface area contributed by atoms with Crippen LogP contribution in [0.1, 0.15) is 22.9 Å². The van der Waals surface area contributed by atoms with Gasteiger partial charge in [0.1, 0.15) is 16.5 Å². The molecular weight excluding hydrogens is 736 g/mol. The van der Waals surface area contributed by atoms with Crippen molar-refractivity contribution in [2.75, 3.05) is 0 Å². The van der Waals surface area contributed by atoms with Crippen LogP contribution in [0.4, 0.5) is 35.1 Å². The topological polar surface area (TPSA) is 129 Å². The second-order valence-corrected chi connectivity index (χ2v) is 13.7. The first-order valence-electron chi connectivity index (χ1n) is 14.1. The monoisotopic (exact) mass is 756 g/mol. The van der Waals surface area contributed by atoms with Gasteiger partial charge in [-0.2, -0.15) is 36.3 Å². The summed E-state index contributed by atoms with van der Waals surface area (Å²) in [6, 6.07) is 22.4. The van der Waals surface area contributed by atoms with Crippen molar-refractivity contribution < 1.29 is 56.8 Å². The van der Waals surface area contributed by atoms with E-state index in [2.05, 4.69) is 29.3 Å². The maximum absolute atomic E-state index is 13.7. The molecule has 266 valence electrons. The fourth-order valence-corrected chi connectivity index (χ4v) is 6.87. The minimum absolute atomic E-state index is 0.0707. The first kappa shape index (κ1) is 37.0. The first-order chi connectivity index (χ1) is 24.0. The molecule has 0 saturated heterocycles. The molecule has 4 aromatic carbocycles. The lowest BCUT2D eigenvalue weighted by Gasteiger charge is -2.06. The Morgan fingerprint density at radius 2 is 1.06 bits per heavy atom. The van der Waals surface area contributed by atoms with E-state index in [0.717, 1.165) is 12.1 Å². The summed E-state index contributed by atoms with van der Waals surface area (Å²) in [5, 5.41) is 6.53. The molecule has 51 heavy (non-hydrogen) atoms. The van der Waals surface area contributed by atoms with Crippen molar-refractivity contribution in [2.45, 2.75) is 33.6 Å².